The molecule has 0 amide bonds. The summed E-state index contributed by atoms with van der Waals surface area (Å²) in [6.07, 6.45) is 11.4. The minimum Gasteiger partial charge on any atom is -0.314 e. The van der Waals surface area contributed by atoms with Gasteiger partial charge >= 0.3 is 0 Å². The molecule has 1 heteroatoms. The average molecular weight is 197 g/mol. The zero-order valence-corrected chi connectivity index (χ0v) is 10.0. The Bertz CT molecular complexity index is 127. The monoisotopic (exact) mass is 197 g/mol. The zero-order chi connectivity index (χ0) is 10.2. The first-order valence-corrected chi connectivity index (χ1v) is 6.58. The quantitative estimate of drug-likeness (QED) is 0.640. The van der Waals surface area contributed by atoms with Crippen LogP contribution >= 0.6 is 0 Å². The molecule has 0 aliphatic heterocycles. The fourth-order valence-corrected chi connectivity index (χ4v) is 2.51. The van der Waals surface area contributed by atoms with Crippen LogP contribution < -0.4 is 5.32 Å². The Balaban J connectivity index is 2.04. The van der Waals surface area contributed by atoms with Crippen LogP contribution in [0.1, 0.15) is 65.2 Å². The molecule has 1 atom stereocenters. The molecule has 1 saturated carbocycles. The lowest BCUT2D eigenvalue weighted by Gasteiger charge is -2.28. The van der Waals surface area contributed by atoms with Gasteiger partial charge in [0.15, 0.2) is 0 Å². The molecule has 1 aliphatic rings. The van der Waals surface area contributed by atoms with Gasteiger partial charge in [-0.3, -0.25) is 0 Å². The van der Waals surface area contributed by atoms with Crippen molar-refractivity contribution in [2.45, 2.75) is 71.3 Å². The molecule has 0 aromatic heterocycles. The van der Waals surface area contributed by atoms with Crippen molar-refractivity contribution in [2.75, 3.05) is 6.54 Å². The fourth-order valence-electron chi connectivity index (χ4n) is 2.51. The Kier molecular flexibility index (Phi) is 6.25. The van der Waals surface area contributed by atoms with Gasteiger partial charge in [-0.05, 0) is 38.6 Å². The van der Waals surface area contributed by atoms with E-state index in [-0.39, 0.29) is 0 Å². The van der Waals surface area contributed by atoms with Crippen molar-refractivity contribution in [1.29, 1.82) is 0 Å². The molecule has 0 aromatic rings. The van der Waals surface area contributed by atoms with Crippen molar-refractivity contribution >= 4 is 0 Å². The van der Waals surface area contributed by atoms with Gasteiger partial charge in [-0.15, -0.1) is 0 Å². The SMILES string of the molecule is CCCCCN[C@@H](C)C1CCCCC1. The van der Waals surface area contributed by atoms with E-state index >= 15 is 0 Å². The van der Waals surface area contributed by atoms with E-state index in [0.717, 1.165) is 12.0 Å². The Hall–Kier alpha value is -0.0400. The maximum atomic E-state index is 3.69. The first-order chi connectivity index (χ1) is 6.84. The number of hydrogen-bond donors (Lipinski definition) is 1. The minimum atomic E-state index is 0.757. The summed E-state index contributed by atoms with van der Waals surface area (Å²) in [5.41, 5.74) is 0. The highest BCUT2D eigenvalue weighted by Crippen LogP contribution is 2.26. The van der Waals surface area contributed by atoms with E-state index in [1.807, 2.05) is 0 Å². The van der Waals surface area contributed by atoms with Crippen LogP contribution in [0.3, 0.4) is 0 Å². The molecule has 0 aromatic carbocycles. The molecular formula is C13H27N. The lowest BCUT2D eigenvalue weighted by Crippen LogP contribution is -2.35. The summed E-state index contributed by atoms with van der Waals surface area (Å²) in [4.78, 5) is 0. The van der Waals surface area contributed by atoms with E-state index in [4.69, 9.17) is 0 Å². The van der Waals surface area contributed by atoms with E-state index in [2.05, 4.69) is 19.2 Å². The predicted octanol–water partition coefficient (Wildman–Crippen LogP) is 3.74. The fraction of sp³-hybridized carbons (Fsp3) is 1.00. The summed E-state index contributed by atoms with van der Waals surface area (Å²) in [5, 5.41) is 3.69. The summed E-state index contributed by atoms with van der Waals surface area (Å²) in [6, 6.07) is 0.757. The van der Waals surface area contributed by atoms with Crippen molar-refractivity contribution in [1.82, 2.24) is 5.32 Å². The second kappa shape index (κ2) is 7.28. The van der Waals surface area contributed by atoms with E-state index in [9.17, 15) is 0 Å². The molecule has 1 aliphatic carbocycles. The Labute approximate surface area is 89.7 Å². The third kappa shape index (κ3) is 4.45. The topological polar surface area (TPSA) is 12.0 Å². The number of hydrogen-bond acceptors (Lipinski definition) is 1. The summed E-state index contributed by atoms with van der Waals surface area (Å²) >= 11 is 0. The second-order valence-corrected chi connectivity index (χ2v) is 4.85. The summed E-state index contributed by atoms with van der Waals surface area (Å²) in [7, 11) is 0. The minimum absolute atomic E-state index is 0.757. The van der Waals surface area contributed by atoms with Crippen molar-refractivity contribution in [3.8, 4) is 0 Å². The van der Waals surface area contributed by atoms with Gasteiger partial charge < -0.3 is 5.32 Å². The molecule has 14 heavy (non-hydrogen) atoms. The molecule has 1 fully saturated rings. The van der Waals surface area contributed by atoms with E-state index in [0.29, 0.717) is 0 Å². The lowest BCUT2D eigenvalue weighted by atomic mass is 9.84. The standard InChI is InChI=1S/C13H27N/c1-3-4-8-11-14-12(2)13-9-6-5-7-10-13/h12-14H,3-11H2,1-2H3/t12-/m0/s1. The van der Waals surface area contributed by atoms with Gasteiger partial charge in [0, 0.05) is 6.04 Å². The Morgan fingerprint density at radius 1 is 1.14 bits per heavy atom. The molecule has 0 radical (unpaired) electrons. The van der Waals surface area contributed by atoms with E-state index in [1.54, 1.807) is 0 Å². The predicted molar refractivity (Wildman–Crippen MR) is 63.6 cm³/mol. The Morgan fingerprint density at radius 3 is 2.50 bits per heavy atom. The van der Waals surface area contributed by atoms with Crippen LogP contribution in [-0.2, 0) is 0 Å². The molecule has 0 bridgehead atoms. The summed E-state index contributed by atoms with van der Waals surface area (Å²) in [5.74, 6) is 0.963. The van der Waals surface area contributed by atoms with Gasteiger partial charge in [-0.2, -0.15) is 0 Å². The second-order valence-electron chi connectivity index (χ2n) is 4.85. The van der Waals surface area contributed by atoms with Crippen molar-refractivity contribution in [3.63, 3.8) is 0 Å². The third-order valence-electron chi connectivity index (χ3n) is 3.60. The smallest absolute Gasteiger partial charge is 0.00669 e. The third-order valence-corrected chi connectivity index (χ3v) is 3.60. The van der Waals surface area contributed by atoms with Crippen LogP contribution in [0.5, 0.6) is 0 Å². The highest BCUT2D eigenvalue weighted by molar-refractivity contribution is 4.75. The molecule has 1 rings (SSSR count). The van der Waals surface area contributed by atoms with Crippen LogP contribution in [0.15, 0.2) is 0 Å². The summed E-state index contributed by atoms with van der Waals surface area (Å²) < 4.78 is 0. The van der Waals surface area contributed by atoms with Crippen molar-refractivity contribution in [3.05, 3.63) is 0 Å². The summed E-state index contributed by atoms with van der Waals surface area (Å²) in [6.45, 7) is 5.87. The molecule has 1 nitrogen and oxygen atoms in total. The number of nitrogens with one attached hydrogen (secondary N) is 1. The highest BCUT2D eigenvalue weighted by atomic mass is 14.9. The van der Waals surface area contributed by atoms with Crippen LogP contribution in [0.2, 0.25) is 0 Å². The zero-order valence-electron chi connectivity index (χ0n) is 10.0. The van der Waals surface area contributed by atoms with Gasteiger partial charge in [-0.1, -0.05) is 39.0 Å². The lowest BCUT2D eigenvalue weighted by molar-refractivity contribution is 0.281. The molecule has 84 valence electrons. The van der Waals surface area contributed by atoms with Crippen LogP contribution in [0.4, 0.5) is 0 Å². The molecule has 0 saturated heterocycles. The van der Waals surface area contributed by atoms with Crippen LogP contribution in [-0.4, -0.2) is 12.6 Å². The number of rotatable bonds is 6. The van der Waals surface area contributed by atoms with Crippen LogP contribution in [0.25, 0.3) is 0 Å². The molecule has 0 spiro atoms. The van der Waals surface area contributed by atoms with Gasteiger partial charge in [-0.25, -0.2) is 0 Å². The first-order valence-electron chi connectivity index (χ1n) is 6.58. The maximum Gasteiger partial charge on any atom is 0.00669 e. The van der Waals surface area contributed by atoms with Gasteiger partial charge in [0.25, 0.3) is 0 Å². The number of unbranched alkanes of at least 4 members (excludes halogenated alkanes) is 2. The Morgan fingerprint density at radius 2 is 1.86 bits per heavy atom. The normalized spacial score (nSPS) is 21.0. The largest absolute Gasteiger partial charge is 0.314 e. The van der Waals surface area contributed by atoms with Gasteiger partial charge in [0.05, 0.1) is 0 Å². The van der Waals surface area contributed by atoms with Gasteiger partial charge in [0.1, 0.15) is 0 Å². The maximum absolute atomic E-state index is 3.69. The van der Waals surface area contributed by atoms with E-state index in [1.165, 1.54) is 57.9 Å². The first kappa shape index (κ1) is 12.0. The van der Waals surface area contributed by atoms with Crippen molar-refractivity contribution in [2.24, 2.45) is 5.92 Å². The highest BCUT2D eigenvalue weighted by Gasteiger charge is 2.18. The van der Waals surface area contributed by atoms with E-state index < -0.39 is 0 Å². The van der Waals surface area contributed by atoms with Gasteiger partial charge in [0.2, 0.25) is 0 Å². The van der Waals surface area contributed by atoms with Crippen molar-refractivity contribution < 1.29 is 0 Å². The molecule has 0 unspecified atom stereocenters. The average Bonchev–Trinajstić information content (AvgIpc) is 2.25. The molecular weight excluding hydrogens is 170 g/mol. The molecule has 1 N–H and O–H groups in total. The van der Waals surface area contributed by atoms with Crippen LogP contribution in [0, 0.1) is 5.92 Å². The molecule has 0 heterocycles.